The van der Waals surface area contributed by atoms with Crippen molar-refractivity contribution in [2.75, 3.05) is 77.9 Å². The fraction of sp³-hybridized carbons (Fsp3) is 0.469. The summed E-state index contributed by atoms with van der Waals surface area (Å²) in [7, 11) is 2.06. The number of hydrogen-bond acceptors (Lipinski definition) is 8. The summed E-state index contributed by atoms with van der Waals surface area (Å²) >= 11 is 0. The number of amides is 2. The molecular formula is C32H46Cl4N8O3. The Bertz CT molecular complexity index is 1510. The molecule has 260 valence electrons. The number of aryl methyl sites for hydroxylation is 1. The van der Waals surface area contributed by atoms with Crippen LogP contribution in [0.3, 0.4) is 0 Å². The number of piperazine rings is 2. The highest BCUT2D eigenvalue weighted by molar-refractivity contribution is 6.27. The first kappa shape index (κ1) is 40.6. The van der Waals surface area contributed by atoms with Crippen molar-refractivity contribution in [3.8, 4) is 28.3 Å². The summed E-state index contributed by atoms with van der Waals surface area (Å²) in [6.45, 7) is 15.6. The summed E-state index contributed by atoms with van der Waals surface area (Å²) in [6.07, 6.45) is 0. The van der Waals surface area contributed by atoms with Crippen molar-refractivity contribution in [2.45, 2.75) is 26.8 Å². The Hall–Kier alpha value is -2.61. The predicted molar refractivity (Wildman–Crippen MR) is 196 cm³/mol. The zero-order valence-corrected chi connectivity index (χ0v) is 30.5. The van der Waals surface area contributed by atoms with Gasteiger partial charge in [0.2, 0.25) is 0 Å². The summed E-state index contributed by atoms with van der Waals surface area (Å²) in [5.74, 6) is 0.659. The first-order chi connectivity index (χ1) is 20.8. The van der Waals surface area contributed by atoms with Crippen LogP contribution in [-0.2, 0) is 0 Å². The monoisotopic (exact) mass is 730 g/mol. The van der Waals surface area contributed by atoms with Crippen LogP contribution in [0, 0.1) is 6.92 Å². The van der Waals surface area contributed by atoms with Crippen LogP contribution < -0.4 is 15.5 Å². The number of anilines is 1. The molecular weight excluding hydrogens is 686 g/mol. The van der Waals surface area contributed by atoms with E-state index >= 15 is 0 Å². The van der Waals surface area contributed by atoms with Gasteiger partial charge in [-0.3, -0.25) is 25.1 Å². The minimum Gasteiger partial charge on any atom is -0.492 e. The number of urea groups is 1. The van der Waals surface area contributed by atoms with Gasteiger partial charge >= 0.3 is 6.03 Å². The van der Waals surface area contributed by atoms with Crippen LogP contribution in [0.2, 0.25) is 0 Å². The zero-order valence-electron chi connectivity index (χ0n) is 27.2. The van der Waals surface area contributed by atoms with Gasteiger partial charge in [0.1, 0.15) is 18.1 Å². The lowest BCUT2D eigenvalue weighted by atomic mass is 10.00. The summed E-state index contributed by atoms with van der Waals surface area (Å²) in [5, 5.41) is 12.4. The maximum absolute atomic E-state index is 13.8. The number of aromatic nitrogens is 2. The van der Waals surface area contributed by atoms with Crippen molar-refractivity contribution in [1.29, 1.82) is 0 Å². The number of carbonyl (C=O) groups is 2. The molecule has 0 saturated carbocycles. The van der Waals surface area contributed by atoms with E-state index in [-0.39, 0.29) is 61.4 Å². The molecule has 0 spiro atoms. The smallest absolute Gasteiger partial charge is 0.333 e. The Morgan fingerprint density at radius 1 is 0.936 bits per heavy atom. The van der Waals surface area contributed by atoms with Crippen LogP contribution in [0.4, 0.5) is 10.5 Å². The lowest BCUT2D eigenvalue weighted by Crippen LogP contribution is -2.53. The number of rotatable bonds is 8. The van der Waals surface area contributed by atoms with E-state index in [4.69, 9.17) is 4.74 Å². The van der Waals surface area contributed by atoms with Crippen LogP contribution in [0.1, 0.15) is 35.3 Å². The second kappa shape index (κ2) is 17.7. The maximum Gasteiger partial charge on any atom is 0.333 e. The fourth-order valence-corrected chi connectivity index (χ4v) is 6.19. The molecule has 0 unspecified atom stereocenters. The fourth-order valence-electron chi connectivity index (χ4n) is 6.19. The molecule has 0 bridgehead atoms. The van der Waals surface area contributed by atoms with Crippen molar-refractivity contribution in [3.05, 3.63) is 53.1 Å². The molecule has 0 radical (unpaired) electrons. The molecule has 2 aliphatic heterocycles. The number of aromatic amines is 1. The van der Waals surface area contributed by atoms with Gasteiger partial charge in [-0.25, -0.2) is 9.80 Å². The summed E-state index contributed by atoms with van der Waals surface area (Å²) in [5.41, 5.74) is 8.26. The first-order valence-electron chi connectivity index (χ1n) is 15.3. The third-order valence-electron chi connectivity index (χ3n) is 8.83. The molecule has 47 heavy (non-hydrogen) atoms. The second-order valence-electron chi connectivity index (χ2n) is 12.0. The van der Waals surface area contributed by atoms with Crippen molar-refractivity contribution >= 4 is 67.1 Å². The zero-order chi connectivity index (χ0) is 30.1. The molecule has 3 aromatic rings. The van der Waals surface area contributed by atoms with E-state index in [9.17, 15) is 9.59 Å². The highest BCUT2D eigenvalue weighted by Crippen LogP contribution is 2.43. The van der Waals surface area contributed by atoms with Crippen LogP contribution in [-0.4, -0.2) is 120 Å². The number of nitrogens with one attached hydrogen (secondary N) is 3. The molecule has 6 rings (SSSR count). The van der Waals surface area contributed by atoms with E-state index in [2.05, 4.69) is 56.5 Å². The molecule has 3 heterocycles. The molecule has 1 aromatic heterocycles. The number of nitrogens with zero attached hydrogens (tertiary/aromatic N) is 5. The molecule has 0 atom stereocenters. The van der Waals surface area contributed by atoms with Crippen molar-refractivity contribution in [3.63, 3.8) is 0 Å². The number of benzene rings is 2. The summed E-state index contributed by atoms with van der Waals surface area (Å²) in [6, 6.07) is 11.7. The number of hydrogen-bond donors (Lipinski definition) is 3. The van der Waals surface area contributed by atoms with Gasteiger partial charge in [-0.15, -0.1) is 49.6 Å². The van der Waals surface area contributed by atoms with Crippen LogP contribution in [0.5, 0.6) is 5.75 Å². The largest absolute Gasteiger partial charge is 0.492 e. The average molecular weight is 733 g/mol. The number of likely N-dealkylation sites (N-methyl/N-ethyl adjacent to an activating group) is 1. The summed E-state index contributed by atoms with van der Waals surface area (Å²) in [4.78, 5) is 33.8. The predicted octanol–water partition coefficient (Wildman–Crippen LogP) is 4.97. The van der Waals surface area contributed by atoms with Gasteiger partial charge in [0.15, 0.2) is 5.78 Å². The molecule has 3 N–H and O–H groups in total. The second-order valence-corrected chi connectivity index (χ2v) is 12.0. The highest BCUT2D eigenvalue weighted by atomic mass is 35.5. The minimum absolute atomic E-state index is 0. The quantitative estimate of drug-likeness (QED) is 0.233. The Balaban J connectivity index is 0.00000192. The average Bonchev–Trinajstić information content (AvgIpc) is 3.54. The van der Waals surface area contributed by atoms with E-state index < -0.39 is 0 Å². The molecule has 2 fully saturated rings. The highest BCUT2D eigenvalue weighted by Gasteiger charge is 2.35. The van der Waals surface area contributed by atoms with Gasteiger partial charge in [-0.2, -0.15) is 5.10 Å². The Labute approximate surface area is 301 Å². The first-order valence-corrected chi connectivity index (χ1v) is 15.3. The molecule has 15 heteroatoms. The molecule has 1 aliphatic carbocycles. The van der Waals surface area contributed by atoms with Crippen molar-refractivity contribution in [1.82, 2.24) is 35.3 Å². The van der Waals surface area contributed by atoms with Crippen LogP contribution in [0.15, 0.2) is 36.4 Å². The van der Waals surface area contributed by atoms with Gasteiger partial charge in [0, 0.05) is 76.1 Å². The molecule has 2 aromatic carbocycles. The number of fused-ring (bicyclic) bond motifs is 3. The molecule has 2 saturated heterocycles. The lowest BCUT2D eigenvalue weighted by Gasteiger charge is -2.36. The molecule has 2 amide bonds. The van der Waals surface area contributed by atoms with E-state index in [1.807, 2.05) is 42.3 Å². The maximum atomic E-state index is 13.8. The SMILES string of the molecule is Cc1cc(OCCN2CCN(C(C)C)CC2)ccc1-c1[nH]nc2c1C(=O)c1c(NC(=O)NN3CCN(C)CC3)cccc1-2.Cl.Cl.Cl.Cl. The number of hydrazine groups is 1. The minimum atomic E-state index is -0.360. The number of halogens is 4. The van der Waals surface area contributed by atoms with E-state index in [1.165, 1.54) is 0 Å². The number of ether oxygens (including phenoxy) is 1. The topological polar surface area (TPSA) is 109 Å². The Kier molecular flexibility index (Phi) is 15.3. The number of ketones is 1. The van der Waals surface area contributed by atoms with Gasteiger partial charge in [0.05, 0.1) is 22.5 Å². The van der Waals surface area contributed by atoms with Crippen molar-refractivity contribution < 1.29 is 14.3 Å². The third-order valence-corrected chi connectivity index (χ3v) is 8.83. The Morgan fingerprint density at radius 2 is 1.64 bits per heavy atom. The van der Waals surface area contributed by atoms with E-state index in [1.54, 1.807) is 6.07 Å². The van der Waals surface area contributed by atoms with Gasteiger partial charge < -0.3 is 15.0 Å². The van der Waals surface area contributed by atoms with Crippen LogP contribution in [0.25, 0.3) is 22.5 Å². The van der Waals surface area contributed by atoms with Crippen molar-refractivity contribution in [2.24, 2.45) is 0 Å². The standard InChI is InChI=1S/C32H42N8O3.4ClH/c1-21(2)39-14-12-38(13-15-39)18-19-43-23-8-9-24(22(3)20-23)29-28-30(35-34-29)25-6-5-7-26(27(25)31(28)41)33-32(42)36-40-16-10-37(4)11-17-40;;;;/h5-9,20-21H,10-19H2,1-4H3,(H,34,35)(H2,33,36,42);4*1H. The molecule has 11 nitrogen and oxygen atoms in total. The van der Waals surface area contributed by atoms with E-state index in [0.29, 0.717) is 46.4 Å². The lowest BCUT2D eigenvalue weighted by molar-refractivity contribution is 0.0971. The summed E-state index contributed by atoms with van der Waals surface area (Å²) < 4.78 is 6.11. The van der Waals surface area contributed by atoms with Gasteiger partial charge in [0.25, 0.3) is 0 Å². The van der Waals surface area contributed by atoms with E-state index in [0.717, 1.165) is 75.8 Å². The number of H-pyrrole nitrogens is 1. The molecule has 3 aliphatic rings. The third kappa shape index (κ3) is 8.90. The number of carbonyl (C=O) groups excluding carboxylic acids is 2. The Morgan fingerprint density at radius 3 is 2.30 bits per heavy atom. The van der Waals surface area contributed by atoms with Gasteiger partial charge in [-0.05, 0) is 57.6 Å². The van der Waals surface area contributed by atoms with Gasteiger partial charge in [-0.1, -0.05) is 12.1 Å². The normalized spacial score (nSPS) is 16.6. The van der Waals surface area contributed by atoms with Crippen LogP contribution >= 0.6 is 49.6 Å².